The first kappa shape index (κ1) is 16.5. The molecule has 124 valence electrons. The Morgan fingerprint density at radius 3 is 2.70 bits per heavy atom. The molecule has 0 N–H and O–H groups in total. The second-order valence-corrected chi connectivity index (χ2v) is 9.30. The monoisotopic (exact) mass is 352 g/mol. The summed E-state index contributed by atoms with van der Waals surface area (Å²) in [6, 6.07) is 9.79. The van der Waals surface area contributed by atoms with Crippen LogP contribution in [0.15, 0.2) is 35.3 Å². The van der Waals surface area contributed by atoms with Crippen LogP contribution in [0.1, 0.15) is 31.9 Å². The minimum atomic E-state index is -3.01. The lowest BCUT2D eigenvalue weighted by Gasteiger charge is -2.31. The van der Waals surface area contributed by atoms with Gasteiger partial charge in [-0.15, -0.1) is 0 Å². The summed E-state index contributed by atoms with van der Waals surface area (Å²) in [6.45, 7) is 3.82. The van der Waals surface area contributed by atoms with Gasteiger partial charge in [0.25, 0.3) is 0 Å². The van der Waals surface area contributed by atoms with Crippen molar-refractivity contribution >= 4 is 32.7 Å². The van der Waals surface area contributed by atoms with Crippen LogP contribution >= 0.6 is 11.8 Å². The Labute approximate surface area is 141 Å². The standard InChI is InChI=1S/C16H20N2O3S2/c1-3-15(19)17-16-18(11(2)12-7-5-4-6-8-12)13-9-23(20,21)10-14(13)22-16/h4-8,11,13-14H,3,9-10H2,1-2H3/t11?,13-,14+/m1/s1. The molecular formula is C16H20N2O3S2. The third-order valence-electron chi connectivity index (χ3n) is 4.33. The molecule has 0 aromatic heterocycles. The van der Waals surface area contributed by atoms with Crippen LogP contribution in [0.3, 0.4) is 0 Å². The summed E-state index contributed by atoms with van der Waals surface area (Å²) in [5.41, 5.74) is 1.09. The van der Waals surface area contributed by atoms with Crippen molar-refractivity contribution in [1.29, 1.82) is 0 Å². The molecule has 2 fully saturated rings. The van der Waals surface area contributed by atoms with Crippen molar-refractivity contribution in [2.24, 2.45) is 4.99 Å². The molecule has 0 aliphatic carbocycles. The third-order valence-corrected chi connectivity index (χ3v) is 7.55. The van der Waals surface area contributed by atoms with Gasteiger partial charge in [0.2, 0.25) is 5.91 Å². The molecule has 2 aliphatic rings. The van der Waals surface area contributed by atoms with E-state index >= 15 is 0 Å². The first-order valence-corrected chi connectivity index (χ1v) is 10.4. The van der Waals surface area contributed by atoms with Crippen LogP contribution in [-0.2, 0) is 14.6 Å². The second-order valence-electron chi connectivity index (χ2n) is 5.94. The van der Waals surface area contributed by atoms with E-state index in [-0.39, 0.29) is 34.7 Å². The maximum atomic E-state index is 12.0. The SMILES string of the molecule is CCC(=O)N=C1S[C@H]2CS(=O)(=O)C[C@H]2N1C(C)c1ccccc1. The lowest BCUT2D eigenvalue weighted by atomic mass is 10.1. The zero-order valence-electron chi connectivity index (χ0n) is 13.2. The highest BCUT2D eigenvalue weighted by Gasteiger charge is 2.50. The van der Waals surface area contributed by atoms with Crippen molar-refractivity contribution in [3.05, 3.63) is 35.9 Å². The maximum absolute atomic E-state index is 12.0. The van der Waals surface area contributed by atoms with Gasteiger partial charge in [0, 0.05) is 11.7 Å². The normalized spacial score (nSPS) is 28.8. The molecule has 0 spiro atoms. The average Bonchev–Trinajstić information content (AvgIpc) is 2.98. The van der Waals surface area contributed by atoms with Gasteiger partial charge in [-0.25, -0.2) is 8.42 Å². The number of amides is 1. The van der Waals surface area contributed by atoms with Crippen molar-refractivity contribution in [2.45, 2.75) is 37.6 Å². The lowest BCUT2D eigenvalue weighted by molar-refractivity contribution is -0.117. The summed E-state index contributed by atoms with van der Waals surface area (Å²) >= 11 is 1.43. The van der Waals surface area contributed by atoms with E-state index in [1.54, 1.807) is 6.92 Å². The molecule has 1 aromatic rings. The van der Waals surface area contributed by atoms with E-state index in [0.717, 1.165) is 5.56 Å². The molecule has 0 radical (unpaired) electrons. The van der Waals surface area contributed by atoms with Crippen LogP contribution < -0.4 is 0 Å². The summed E-state index contributed by atoms with van der Waals surface area (Å²) in [6.07, 6.45) is 0.352. The molecular weight excluding hydrogens is 332 g/mol. The van der Waals surface area contributed by atoms with Crippen molar-refractivity contribution < 1.29 is 13.2 Å². The first-order valence-electron chi connectivity index (χ1n) is 7.73. The van der Waals surface area contributed by atoms with Gasteiger partial charge >= 0.3 is 0 Å². The highest BCUT2D eigenvalue weighted by Crippen LogP contribution is 2.42. The number of thioether (sulfide) groups is 1. The second kappa shape index (κ2) is 6.28. The molecule has 3 rings (SSSR count). The summed E-state index contributed by atoms with van der Waals surface area (Å²) in [4.78, 5) is 18.0. The minimum Gasteiger partial charge on any atom is -0.339 e. The van der Waals surface area contributed by atoms with Crippen LogP contribution in [-0.4, -0.2) is 47.2 Å². The fourth-order valence-electron chi connectivity index (χ4n) is 3.12. The molecule has 3 atom stereocenters. The maximum Gasteiger partial charge on any atom is 0.247 e. The van der Waals surface area contributed by atoms with Crippen LogP contribution in [0, 0.1) is 0 Å². The van der Waals surface area contributed by atoms with Gasteiger partial charge in [-0.05, 0) is 12.5 Å². The molecule has 5 nitrogen and oxygen atoms in total. The predicted molar refractivity (Wildman–Crippen MR) is 93.2 cm³/mol. The number of amidine groups is 1. The number of benzene rings is 1. The fourth-order valence-corrected chi connectivity index (χ4v) is 7.13. The van der Waals surface area contributed by atoms with E-state index in [1.807, 2.05) is 42.2 Å². The van der Waals surface area contributed by atoms with Crippen molar-refractivity contribution in [1.82, 2.24) is 4.90 Å². The van der Waals surface area contributed by atoms with E-state index in [2.05, 4.69) is 4.99 Å². The molecule has 0 saturated carbocycles. The number of hydrogen-bond donors (Lipinski definition) is 0. The van der Waals surface area contributed by atoms with E-state index < -0.39 is 9.84 Å². The smallest absolute Gasteiger partial charge is 0.247 e. The Hall–Kier alpha value is -1.34. The van der Waals surface area contributed by atoms with Crippen LogP contribution in [0.25, 0.3) is 0 Å². The number of carbonyl (C=O) groups excluding carboxylic acids is 1. The van der Waals surface area contributed by atoms with Gasteiger partial charge in [0.05, 0.1) is 23.6 Å². The summed E-state index contributed by atoms with van der Waals surface area (Å²) in [5.74, 6) is 0.140. The molecule has 2 heterocycles. The Morgan fingerprint density at radius 1 is 1.35 bits per heavy atom. The number of carbonyl (C=O) groups is 1. The van der Waals surface area contributed by atoms with Crippen molar-refractivity contribution in [3.8, 4) is 0 Å². The number of rotatable bonds is 3. The van der Waals surface area contributed by atoms with E-state index in [4.69, 9.17) is 0 Å². The van der Waals surface area contributed by atoms with E-state index in [1.165, 1.54) is 11.8 Å². The average molecular weight is 352 g/mol. The third kappa shape index (κ3) is 3.30. The van der Waals surface area contributed by atoms with Crippen molar-refractivity contribution in [2.75, 3.05) is 11.5 Å². The van der Waals surface area contributed by atoms with Gasteiger partial charge in [-0.1, -0.05) is 49.0 Å². The number of aliphatic imine (C=N–C) groups is 1. The fraction of sp³-hybridized carbons (Fsp3) is 0.500. The van der Waals surface area contributed by atoms with Gasteiger partial charge in [0.15, 0.2) is 15.0 Å². The Bertz CT molecular complexity index is 731. The van der Waals surface area contributed by atoms with Crippen LogP contribution in [0.5, 0.6) is 0 Å². The summed E-state index contributed by atoms with van der Waals surface area (Å²) < 4.78 is 24.0. The topological polar surface area (TPSA) is 66.8 Å². The molecule has 7 heteroatoms. The van der Waals surface area contributed by atoms with Gasteiger partial charge in [-0.3, -0.25) is 4.79 Å². The minimum absolute atomic E-state index is 0.0181. The summed E-state index contributed by atoms with van der Waals surface area (Å²) in [7, 11) is -3.01. The van der Waals surface area contributed by atoms with Gasteiger partial charge in [0.1, 0.15) is 0 Å². The summed E-state index contributed by atoms with van der Waals surface area (Å²) in [5, 5.41) is 0.632. The molecule has 1 unspecified atom stereocenters. The first-order chi connectivity index (χ1) is 10.9. The van der Waals surface area contributed by atoms with E-state index in [0.29, 0.717) is 11.6 Å². The van der Waals surface area contributed by atoms with Gasteiger partial charge in [-0.2, -0.15) is 4.99 Å². The van der Waals surface area contributed by atoms with Crippen LogP contribution in [0.4, 0.5) is 0 Å². The Morgan fingerprint density at radius 2 is 2.04 bits per heavy atom. The zero-order chi connectivity index (χ0) is 16.6. The molecule has 2 aliphatic heterocycles. The van der Waals surface area contributed by atoms with Gasteiger partial charge < -0.3 is 4.90 Å². The Balaban J connectivity index is 1.97. The van der Waals surface area contributed by atoms with Crippen LogP contribution in [0.2, 0.25) is 0 Å². The Kier molecular flexibility index (Phi) is 4.51. The number of nitrogens with zero attached hydrogens (tertiary/aromatic N) is 2. The molecule has 23 heavy (non-hydrogen) atoms. The highest BCUT2D eigenvalue weighted by atomic mass is 32.2. The zero-order valence-corrected chi connectivity index (χ0v) is 14.8. The molecule has 1 amide bonds. The highest BCUT2D eigenvalue weighted by molar-refractivity contribution is 8.15. The molecule has 1 aromatic carbocycles. The van der Waals surface area contributed by atoms with Crippen molar-refractivity contribution in [3.63, 3.8) is 0 Å². The number of fused-ring (bicyclic) bond motifs is 1. The lowest BCUT2D eigenvalue weighted by Crippen LogP contribution is -2.39. The van der Waals surface area contributed by atoms with E-state index in [9.17, 15) is 13.2 Å². The quantitative estimate of drug-likeness (QED) is 0.835. The number of sulfone groups is 1. The predicted octanol–water partition coefficient (Wildman–Crippen LogP) is 2.25. The number of hydrogen-bond acceptors (Lipinski definition) is 4. The molecule has 0 bridgehead atoms. The largest absolute Gasteiger partial charge is 0.339 e. The molecule has 2 saturated heterocycles.